The number of fused-ring (bicyclic) bond motifs is 1. The summed E-state index contributed by atoms with van der Waals surface area (Å²) in [6, 6.07) is 12.6. The molecule has 0 saturated carbocycles. The summed E-state index contributed by atoms with van der Waals surface area (Å²) in [7, 11) is 0. The van der Waals surface area contributed by atoms with Crippen molar-refractivity contribution in [3.05, 3.63) is 54.1 Å². The van der Waals surface area contributed by atoms with Crippen LogP contribution in [0.15, 0.2) is 48.5 Å². The van der Waals surface area contributed by atoms with Gasteiger partial charge in [-0.1, -0.05) is 12.1 Å². The number of aromatic hydroxyl groups is 1. The van der Waals surface area contributed by atoms with Crippen molar-refractivity contribution < 1.29 is 14.7 Å². The first kappa shape index (κ1) is 13.2. The normalized spacial score (nSPS) is 17.1. The zero-order chi connectivity index (χ0) is 15.0. The molecule has 3 rings (SSSR count). The summed E-state index contributed by atoms with van der Waals surface area (Å²) in [4.78, 5) is 26.2. The van der Waals surface area contributed by atoms with E-state index in [9.17, 15) is 14.7 Å². The van der Waals surface area contributed by atoms with Crippen LogP contribution in [0.2, 0.25) is 0 Å². The molecule has 0 bridgehead atoms. The van der Waals surface area contributed by atoms with Crippen LogP contribution in [0, 0.1) is 0 Å². The Balaban J connectivity index is 2.05. The summed E-state index contributed by atoms with van der Waals surface area (Å²) in [5, 5.41) is 12.1. The fourth-order valence-electron chi connectivity index (χ4n) is 2.38. The number of rotatable bonds is 1. The van der Waals surface area contributed by atoms with E-state index in [1.807, 2.05) is 6.07 Å². The molecular formula is C16H14N2O3. The van der Waals surface area contributed by atoms with Crippen molar-refractivity contribution in [3.63, 3.8) is 0 Å². The Labute approximate surface area is 121 Å². The van der Waals surface area contributed by atoms with Crippen LogP contribution in [0.3, 0.4) is 0 Å². The van der Waals surface area contributed by atoms with Gasteiger partial charge in [-0.15, -0.1) is 0 Å². The zero-order valence-electron chi connectivity index (χ0n) is 11.4. The lowest BCUT2D eigenvalue weighted by molar-refractivity contribution is -0.117. The highest BCUT2D eigenvalue weighted by molar-refractivity contribution is 6.16. The number of hydrogen-bond donors (Lipinski definition) is 2. The minimum absolute atomic E-state index is 0.0939. The summed E-state index contributed by atoms with van der Waals surface area (Å²) in [5.41, 5.74) is 1.71. The third kappa shape index (κ3) is 2.23. The molecule has 1 unspecified atom stereocenters. The monoisotopic (exact) mass is 282 g/mol. The van der Waals surface area contributed by atoms with E-state index in [4.69, 9.17) is 0 Å². The summed E-state index contributed by atoms with van der Waals surface area (Å²) in [5.74, 6) is -0.401. The van der Waals surface area contributed by atoms with Crippen LogP contribution in [0.5, 0.6) is 5.75 Å². The number of anilines is 2. The molecule has 0 saturated heterocycles. The molecule has 0 aromatic heterocycles. The summed E-state index contributed by atoms with van der Waals surface area (Å²) in [6.07, 6.45) is 0. The molecular weight excluding hydrogens is 268 g/mol. The maximum Gasteiger partial charge on any atom is 0.259 e. The summed E-state index contributed by atoms with van der Waals surface area (Å²) < 4.78 is 0. The van der Waals surface area contributed by atoms with E-state index in [-0.39, 0.29) is 17.6 Å². The molecule has 1 aliphatic rings. The van der Waals surface area contributed by atoms with E-state index in [0.717, 1.165) is 0 Å². The Kier molecular flexibility index (Phi) is 3.10. The predicted octanol–water partition coefficient (Wildman–Crippen LogP) is 2.38. The van der Waals surface area contributed by atoms with E-state index in [2.05, 4.69) is 5.32 Å². The first-order valence-electron chi connectivity index (χ1n) is 6.60. The maximum atomic E-state index is 12.7. The molecule has 21 heavy (non-hydrogen) atoms. The molecule has 5 nitrogen and oxygen atoms in total. The standard InChI is InChI=1S/C16H14N2O3/c1-10-15(20)17-13-4-2-3-5-14(13)18(10)16(21)11-6-8-12(19)9-7-11/h2-10,19H,1H3,(H,17,20). The quantitative estimate of drug-likeness (QED) is 0.843. The molecule has 1 heterocycles. The Bertz CT molecular complexity index is 710. The van der Waals surface area contributed by atoms with Gasteiger partial charge in [0.1, 0.15) is 11.8 Å². The van der Waals surface area contributed by atoms with Crippen LogP contribution in [-0.4, -0.2) is 23.0 Å². The Morgan fingerprint density at radius 1 is 1.14 bits per heavy atom. The average molecular weight is 282 g/mol. The van der Waals surface area contributed by atoms with Crippen molar-refractivity contribution >= 4 is 23.2 Å². The second kappa shape index (κ2) is 4.94. The van der Waals surface area contributed by atoms with Gasteiger partial charge in [0.05, 0.1) is 11.4 Å². The molecule has 5 heteroatoms. The highest BCUT2D eigenvalue weighted by Gasteiger charge is 2.33. The van der Waals surface area contributed by atoms with Crippen molar-refractivity contribution in [1.29, 1.82) is 0 Å². The first-order chi connectivity index (χ1) is 10.1. The van der Waals surface area contributed by atoms with Gasteiger partial charge in [0, 0.05) is 5.56 Å². The van der Waals surface area contributed by atoms with Gasteiger partial charge in [0.2, 0.25) is 5.91 Å². The molecule has 1 aliphatic heterocycles. The van der Waals surface area contributed by atoms with E-state index in [1.54, 1.807) is 37.3 Å². The zero-order valence-corrected chi connectivity index (χ0v) is 11.4. The van der Waals surface area contributed by atoms with Crippen molar-refractivity contribution in [1.82, 2.24) is 0 Å². The summed E-state index contributed by atoms with van der Waals surface area (Å²) >= 11 is 0. The van der Waals surface area contributed by atoms with Gasteiger partial charge in [0.15, 0.2) is 0 Å². The molecule has 106 valence electrons. The lowest BCUT2D eigenvalue weighted by Gasteiger charge is -2.34. The van der Waals surface area contributed by atoms with E-state index in [1.165, 1.54) is 17.0 Å². The van der Waals surface area contributed by atoms with Crippen LogP contribution in [0.25, 0.3) is 0 Å². The highest BCUT2D eigenvalue weighted by Crippen LogP contribution is 2.32. The number of nitrogens with zero attached hydrogens (tertiary/aromatic N) is 1. The molecule has 2 amide bonds. The molecule has 0 aliphatic carbocycles. The van der Waals surface area contributed by atoms with E-state index in [0.29, 0.717) is 16.9 Å². The lowest BCUT2D eigenvalue weighted by Crippen LogP contribution is -2.49. The number of amides is 2. The third-order valence-corrected chi connectivity index (χ3v) is 3.52. The SMILES string of the molecule is CC1C(=O)Nc2ccccc2N1C(=O)c1ccc(O)cc1. The van der Waals surface area contributed by atoms with Crippen LogP contribution in [0.4, 0.5) is 11.4 Å². The van der Waals surface area contributed by atoms with E-state index >= 15 is 0 Å². The van der Waals surface area contributed by atoms with Crippen molar-refractivity contribution in [2.24, 2.45) is 0 Å². The molecule has 2 N–H and O–H groups in total. The van der Waals surface area contributed by atoms with Gasteiger partial charge in [-0.05, 0) is 43.3 Å². The van der Waals surface area contributed by atoms with Crippen LogP contribution < -0.4 is 10.2 Å². The number of phenols is 1. The van der Waals surface area contributed by atoms with Gasteiger partial charge >= 0.3 is 0 Å². The third-order valence-electron chi connectivity index (χ3n) is 3.52. The van der Waals surface area contributed by atoms with Crippen molar-refractivity contribution in [3.8, 4) is 5.75 Å². The largest absolute Gasteiger partial charge is 0.508 e. The van der Waals surface area contributed by atoms with Crippen LogP contribution >= 0.6 is 0 Å². The number of nitrogens with one attached hydrogen (secondary N) is 1. The number of carbonyl (C=O) groups is 2. The van der Waals surface area contributed by atoms with Gasteiger partial charge in [-0.25, -0.2) is 0 Å². The molecule has 0 radical (unpaired) electrons. The number of carbonyl (C=O) groups excluding carboxylic acids is 2. The molecule has 0 spiro atoms. The Morgan fingerprint density at radius 3 is 2.52 bits per heavy atom. The first-order valence-corrected chi connectivity index (χ1v) is 6.60. The highest BCUT2D eigenvalue weighted by atomic mass is 16.3. The number of hydrogen-bond acceptors (Lipinski definition) is 3. The minimum Gasteiger partial charge on any atom is -0.508 e. The Morgan fingerprint density at radius 2 is 1.81 bits per heavy atom. The topological polar surface area (TPSA) is 69.6 Å². The maximum absolute atomic E-state index is 12.7. The van der Waals surface area contributed by atoms with Crippen molar-refractivity contribution in [2.45, 2.75) is 13.0 Å². The van der Waals surface area contributed by atoms with Gasteiger partial charge in [-0.2, -0.15) is 0 Å². The molecule has 2 aromatic carbocycles. The molecule has 2 aromatic rings. The van der Waals surface area contributed by atoms with E-state index < -0.39 is 6.04 Å². The number of para-hydroxylation sites is 2. The van der Waals surface area contributed by atoms with Crippen LogP contribution in [-0.2, 0) is 4.79 Å². The lowest BCUT2D eigenvalue weighted by atomic mass is 10.1. The van der Waals surface area contributed by atoms with Gasteiger partial charge in [0.25, 0.3) is 5.91 Å². The fourth-order valence-corrected chi connectivity index (χ4v) is 2.38. The molecule has 0 fully saturated rings. The second-order valence-corrected chi connectivity index (χ2v) is 4.90. The number of benzene rings is 2. The smallest absolute Gasteiger partial charge is 0.259 e. The number of phenolic OH excluding ortho intramolecular Hbond substituents is 1. The van der Waals surface area contributed by atoms with Crippen molar-refractivity contribution in [2.75, 3.05) is 10.2 Å². The minimum atomic E-state index is -0.596. The predicted molar refractivity (Wildman–Crippen MR) is 79.5 cm³/mol. The van der Waals surface area contributed by atoms with Crippen LogP contribution in [0.1, 0.15) is 17.3 Å². The van der Waals surface area contributed by atoms with Gasteiger partial charge < -0.3 is 10.4 Å². The Hall–Kier alpha value is -2.82. The fraction of sp³-hybridized carbons (Fsp3) is 0.125. The average Bonchev–Trinajstić information content (AvgIpc) is 2.49. The summed E-state index contributed by atoms with van der Waals surface area (Å²) in [6.45, 7) is 1.68. The molecule has 1 atom stereocenters. The van der Waals surface area contributed by atoms with Gasteiger partial charge in [-0.3, -0.25) is 14.5 Å². The second-order valence-electron chi connectivity index (χ2n) is 4.90.